The molecule has 1 saturated heterocycles. The van der Waals surface area contributed by atoms with E-state index in [2.05, 4.69) is 16.0 Å². The van der Waals surface area contributed by atoms with Crippen molar-refractivity contribution in [3.63, 3.8) is 0 Å². The van der Waals surface area contributed by atoms with Gasteiger partial charge in [0.2, 0.25) is 15.9 Å². The fraction of sp³-hybridized carbons (Fsp3) is 0.389. The van der Waals surface area contributed by atoms with Gasteiger partial charge in [-0.15, -0.1) is 0 Å². The molecule has 0 bridgehead atoms. The van der Waals surface area contributed by atoms with Gasteiger partial charge in [0, 0.05) is 18.7 Å². The first-order valence-electron chi connectivity index (χ1n) is 8.89. The number of carbonyl (C=O) groups excluding carboxylic acids is 2. The number of hydrazine groups is 1. The highest BCUT2D eigenvalue weighted by Crippen LogP contribution is 2.27. The fourth-order valence-electron chi connectivity index (χ4n) is 3.23. The second-order valence-electron chi connectivity index (χ2n) is 6.66. The summed E-state index contributed by atoms with van der Waals surface area (Å²) in [5.74, 6) is -1.22. The lowest BCUT2D eigenvalue weighted by Crippen LogP contribution is -2.50. The van der Waals surface area contributed by atoms with Crippen molar-refractivity contribution in [3.05, 3.63) is 47.3 Å². The lowest BCUT2D eigenvalue weighted by molar-refractivity contribution is -0.126. The van der Waals surface area contributed by atoms with E-state index in [1.807, 2.05) is 0 Å². The molecule has 3 rings (SSSR count). The van der Waals surface area contributed by atoms with Gasteiger partial charge in [-0.1, -0.05) is 23.4 Å². The molecule has 0 radical (unpaired) electrons. The molecule has 1 aliphatic rings. The maximum absolute atomic E-state index is 12.9. The van der Waals surface area contributed by atoms with Crippen LogP contribution in [0, 0.1) is 19.8 Å². The van der Waals surface area contributed by atoms with Gasteiger partial charge in [-0.05, 0) is 38.8 Å². The molecule has 0 spiro atoms. The predicted octanol–water partition coefficient (Wildman–Crippen LogP) is 1.15. The topological polar surface area (TPSA) is 122 Å². The number of amides is 2. The quantitative estimate of drug-likeness (QED) is 0.735. The first kappa shape index (κ1) is 20.0. The van der Waals surface area contributed by atoms with Gasteiger partial charge in [0.15, 0.2) is 5.76 Å². The van der Waals surface area contributed by atoms with E-state index in [1.54, 1.807) is 44.2 Å². The molecule has 150 valence electrons. The number of aryl methyl sites for hydroxylation is 2. The molecule has 0 aliphatic carbocycles. The van der Waals surface area contributed by atoms with E-state index in [4.69, 9.17) is 4.52 Å². The zero-order valence-corrected chi connectivity index (χ0v) is 16.5. The maximum atomic E-state index is 12.9. The molecule has 1 aromatic heterocycles. The van der Waals surface area contributed by atoms with Gasteiger partial charge in [-0.25, -0.2) is 8.42 Å². The van der Waals surface area contributed by atoms with Crippen LogP contribution in [0.5, 0.6) is 0 Å². The monoisotopic (exact) mass is 406 g/mol. The summed E-state index contributed by atoms with van der Waals surface area (Å²) in [4.78, 5) is 24.5. The molecular formula is C18H22N4O5S. The largest absolute Gasteiger partial charge is 0.360 e. The highest BCUT2D eigenvalue weighted by atomic mass is 32.2. The molecular weight excluding hydrogens is 384 g/mol. The van der Waals surface area contributed by atoms with Gasteiger partial charge in [0.1, 0.15) is 10.6 Å². The van der Waals surface area contributed by atoms with Gasteiger partial charge in [0.25, 0.3) is 5.91 Å². The predicted molar refractivity (Wildman–Crippen MR) is 99.5 cm³/mol. The van der Waals surface area contributed by atoms with Gasteiger partial charge in [-0.3, -0.25) is 20.4 Å². The summed E-state index contributed by atoms with van der Waals surface area (Å²) < 4.78 is 32.1. The molecule has 1 unspecified atom stereocenters. The molecule has 2 aromatic rings. The normalized spacial score (nSPS) is 17.9. The fourth-order valence-corrected chi connectivity index (χ4v) is 5.04. The van der Waals surface area contributed by atoms with Gasteiger partial charge in [-0.2, -0.15) is 4.31 Å². The summed E-state index contributed by atoms with van der Waals surface area (Å²) in [5.41, 5.74) is 5.46. The Kier molecular flexibility index (Phi) is 5.80. The summed E-state index contributed by atoms with van der Waals surface area (Å²) in [6, 6.07) is 8.47. The Hall–Kier alpha value is -2.72. The second kappa shape index (κ2) is 8.11. The van der Waals surface area contributed by atoms with Crippen molar-refractivity contribution in [2.24, 2.45) is 5.92 Å². The van der Waals surface area contributed by atoms with Crippen molar-refractivity contribution in [1.29, 1.82) is 0 Å². The molecule has 1 atom stereocenters. The SMILES string of the molecule is Cc1noc(C)c1S(=O)(=O)N1CCCC(C(=O)NNC(=O)c2ccccc2)C1. The van der Waals surface area contributed by atoms with Gasteiger partial charge >= 0.3 is 0 Å². The van der Waals surface area contributed by atoms with Crippen LogP contribution in [-0.4, -0.2) is 42.8 Å². The van der Waals surface area contributed by atoms with Gasteiger partial charge in [0.05, 0.1) is 5.92 Å². The average Bonchev–Trinajstić information content (AvgIpc) is 3.05. The number of piperidine rings is 1. The van der Waals surface area contributed by atoms with Crippen LogP contribution in [0.15, 0.2) is 39.8 Å². The van der Waals surface area contributed by atoms with E-state index in [9.17, 15) is 18.0 Å². The van der Waals surface area contributed by atoms with E-state index in [-0.39, 0.29) is 17.2 Å². The lowest BCUT2D eigenvalue weighted by atomic mass is 9.99. The molecule has 10 heteroatoms. The van der Waals surface area contributed by atoms with Crippen LogP contribution in [0.4, 0.5) is 0 Å². The van der Waals surface area contributed by atoms with Crippen LogP contribution in [0.25, 0.3) is 0 Å². The summed E-state index contributed by atoms with van der Waals surface area (Å²) in [5, 5.41) is 3.70. The Bertz CT molecular complexity index is 952. The highest BCUT2D eigenvalue weighted by molar-refractivity contribution is 7.89. The molecule has 0 saturated carbocycles. The standard InChI is InChI=1S/C18H22N4O5S/c1-12-16(13(2)27-21-12)28(25,26)22-10-6-9-15(11-22)18(24)20-19-17(23)14-7-4-3-5-8-14/h3-5,7-8,15H,6,9-11H2,1-2H3,(H,19,23)(H,20,24). The highest BCUT2D eigenvalue weighted by Gasteiger charge is 2.36. The molecule has 9 nitrogen and oxygen atoms in total. The third-order valence-electron chi connectivity index (χ3n) is 4.66. The molecule has 2 N–H and O–H groups in total. The molecule has 1 fully saturated rings. The first-order chi connectivity index (χ1) is 13.3. The minimum Gasteiger partial charge on any atom is -0.360 e. The summed E-state index contributed by atoms with van der Waals surface area (Å²) >= 11 is 0. The van der Waals surface area contributed by atoms with E-state index in [0.29, 0.717) is 30.6 Å². The van der Waals surface area contributed by atoms with Crippen LogP contribution >= 0.6 is 0 Å². The summed E-state index contributed by atoms with van der Waals surface area (Å²) in [7, 11) is -3.81. The summed E-state index contributed by atoms with van der Waals surface area (Å²) in [6.07, 6.45) is 1.06. The van der Waals surface area contributed by atoms with Crippen LogP contribution in [0.3, 0.4) is 0 Å². The number of hydrogen-bond acceptors (Lipinski definition) is 6. The van der Waals surface area contributed by atoms with E-state index >= 15 is 0 Å². The zero-order chi connectivity index (χ0) is 20.3. The van der Waals surface area contributed by atoms with Crippen molar-refractivity contribution in [1.82, 2.24) is 20.3 Å². The Labute approximate surface area is 163 Å². The third kappa shape index (κ3) is 4.07. The van der Waals surface area contributed by atoms with Crippen molar-refractivity contribution in [2.75, 3.05) is 13.1 Å². The first-order valence-corrected chi connectivity index (χ1v) is 10.3. The smallest absolute Gasteiger partial charge is 0.269 e. The Morgan fingerprint density at radius 2 is 1.89 bits per heavy atom. The lowest BCUT2D eigenvalue weighted by Gasteiger charge is -2.31. The van der Waals surface area contributed by atoms with Crippen molar-refractivity contribution >= 4 is 21.8 Å². The number of nitrogens with zero attached hydrogens (tertiary/aromatic N) is 2. The van der Waals surface area contributed by atoms with E-state index in [0.717, 1.165) is 0 Å². The zero-order valence-electron chi connectivity index (χ0n) is 15.6. The number of benzene rings is 1. The number of aromatic nitrogens is 1. The van der Waals surface area contributed by atoms with Crippen molar-refractivity contribution in [2.45, 2.75) is 31.6 Å². The van der Waals surface area contributed by atoms with Gasteiger partial charge < -0.3 is 4.52 Å². The summed E-state index contributed by atoms with van der Waals surface area (Å²) in [6.45, 7) is 3.45. The molecule has 2 heterocycles. The number of carbonyl (C=O) groups is 2. The minimum atomic E-state index is -3.81. The van der Waals surface area contributed by atoms with Crippen LogP contribution in [0.2, 0.25) is 0 Å². The molecule has 1 aliphatic heterocycles. The van der Waals surface area contributed by atoms with E-state index in [1.165, 1.54) is 4.31 Å². The third-order valence-corrected chi connectivity index (χ3v) is 6.77. The maximum Gasteiger partial charge on any atom is 0.269 e. The molecule has 2 amide bonds. The number of hydrogen-bond donors (Lipinski definition) is 2. The Morgan fingerprint density at radius 3 is 2.54 bits per heavy atom. The minimum absolute atomic E-state index is 0.0272. The van der Waals surface area contributed by atoms with Crippen molar-refractivity contribution in [3.8, 4) is 0 Å². The Balaban J connectivity index is 1.64. The number of nitrogens with one attached hydrogen (secondary N) is 2. The Morgan fingerprint density at radius 1 is 1.18 bits per heavy atom. The second-order valence-corrected chi connectivity index (χ2v) is 8.54. The van der Waals surface area contributed by atoms with E-state index < -0.39 is 27.8 Å². The molecule has 28 heavy (non-hydrogen) atoms. The number of sulfonamides is 1. The van der Waals surface area contributed by atoms with Crippen LogP contribution < -0.4 is 10.9 Å². The molecule has 1 aromatic carbocycles. The van der Waals surface area contributed by atoms with Crippen molar-refractivity contribution < 1.29 is 22.5 Å². The number of rotatable bonds is 4. The van der Waals surface area contributed by atoms with Crippen LogP contribution in [-0.2, 0) is 14.8 Å². The average molecular weight is 406 g/mol. The van der Waals surface area contributed by atoms with Crippen LogP contribution in [0.1, 0.15) is 34.7 Å².